The molecule has 0 bridgehead atoms. The Morgan fingerprint density at radius 3 is 2.26 bits per heavy atom. The second kappa shape index (κ2) is 5.80. The first-order chi connectivity index (χ1) is 10.5. The normalized spacial score (nSPS) is 12.3. The molecule has 1 heterocycles. The van der Waals surface area contributed by atoms with Crippen molar-refractivity contribution in [3.05, 3.63) is 41.1 Å². The number of hydrogen-bond donors (Lipinski definition) is 1. The van der Waals surface area contributed by atoms with Crippen LogP contribution in [0.3, 0.4) is 0 Å². The van der Waals surface area contributed by atoms with Crippen LogP contribution in [-0.4, -0.2) is 24.9 Å². The molecule has 1 N–H and O–H groups in total. The average molecular weight is 345 g/mol. The number of alkyl halides is 3. The van der Waals surface area contributed by atoms with Crippen molar-refractivity contribution in [3.8, 4) is 11.3 Å². The van der Waals surface area contributed by atoms with Crippen LogP contribution >= 0.6 is 0 Å². The molecule has 0 fully saturated rings. The molecule has 0 spiro atoms. The minimum Gasteiger partial charge on any atom is -0.283 e. The highest BCUT2D eigenvalue weighted by Gasteiger charge is 2.31. The summed E-state index contributed by atoms with van der Waals surface area (Å²) in [6.07, 6.45) is -3.72. The van der Waals surface area contributed by atoms with Crippen LogP contribution in [0, 0.1) is 13.8 Å². The molecule has 0 radical (unpaired) electrons. The summed E-state index contributed by atoms with van der Waals surface area (Å²) < 4.78 is 63.6. The summed E-state index contributed by atoms with van der Waals surface area (Å²) in [5.74, 6) is 0. The van der Waals surface area contributed by atoms with Crippen molar-refractivity contribution < 1.29 is 21.6 Å². The Kier molecular flexibility index (Phi) is 4.34. The summed E-state index contributed by atoms with van der Waals surface area (Å²) in [5.41, 5.74) is 0.724. The Morgan fingerprint density at radius 1 is 1.09 bits per heavy atom. The van der Waals surface area contributed by atoms with Gasteiger partial charge in [-0.15, -0.1) is 5.10 Å². The molecule has 5 nitrogen and oxygen atoms in total. The number of anilines is 1. The van der Waals surface area contributed by atoms with Gasteiger partial charge in [0.2, 0.25) is 10.0 Å². The Hall–Kier alpha value is -2.16. The molecular weight excluding hydrogens is 331 g/mol. The van der Waals surface area contributed by atoms with Gasteiger partial charge >= 0.3 is 6.18 Å². The standard InChI is InChI=1S/C14H14F3N3O2S/c1-8-6-9(2)18-19-13(8)11-5-4-10(14(15,16)17)7-12(11)20-23(3,21)22/h4-7,20H,1-3H3. The number of aromatic nitrogens is 2. The highest BCUT2D eigenvalue weighted by molar-refractivity contribution is 7.92. The van der Waals surface area contributed by atoms with Crippen LogP contribution in [0.15, 0.2) is 24.3 Å². The van der Waals surface area contributed by atoms with Gasteiger partial charge in [-0.1, -0.05) is 6.07 Å². The van der Waals surface area contributed by atoms with E-state index in [-0.39, 0.29) is 11.3 Å². The lowest BCUT2D eigenvalue weighted by molar-refractivity contribution is -0.137. The first-order valence-electron chi connectivity index (χ1n) is 6.48. The van der Waals surface area contributed by atoms with Gasteiger partial charge in [0.05, 0.1) is 28.9 Å². The van der Waals surface area contributed by atoms with Crippen LogP contribution in [0.5, 0.6) is 0 Å². The third-order valence-corrected chi connectivity index (χ3v) is 3.59. The molecule has 2 rings (SSSR count). The number of benzene rings is 1. The molecule has 0 amide bonds. The van der Waals surface area contributed by atoms with Gasteiger partial charge in [0, 0.05) is 5.56 Å². The number of nitrogens with one attached hydrogen (secondary N) is 1. The Balaban J connectivity index is 2.67. The molecule has 0 aliphatic carbocycles. The van der Waals surface area contributed by atoms with Gasteiger partial charge in [0.25, 0.3) is 0 Å². The van der Waals surface area contributed by atoms with Crippen molar-refractivity contribution in [2.45, 2.75) is 20.0 Å². The third kappa shape index (κ3) is 4.19. The molecule has 9 heteroatoms. The number of sulfonamides is 1. The molecule has 23 heavy (non-hydrogen) atoms. The maximum atomic E-state index is 12.9. The van der Waals surface area contributed by atoms with Crippen LogP contribution < -0.4 is 4.72 Å². The summed E-state index contributed by atoms with van der Waals surface area (Å²) in [5, 5.41) is 7.84. The van der Waals surface area contributed by atoms with Crippen molar-refractivity contribution in [3.63, 3.8) is 0 Å². The van der Waals surface area contributed by atoms with E-state index < -0.39 is 21.8 Å². The molecule has 0 unspecified atom stereocenters. The molecule has 0 saturated carbocycles. The van der Waals surface area contributed by atoms with Gasteiger partial charge < -0.3 is 0 Å². The van der Waals surface area contributed by atoms with E-state index in [9.17, 15) is 21.6 Å². The zero-order chi connectivity index (χ0) is 17.4. The van der Waals surface area contributed by atoms with Gasteiger partial charge in [-0.05, 0) is 37.6 Å². The largest absolute Gasteiger partial charge is 0.416 e. The van der Waals surface area contributed by atoms with Gasteiger partial charge in [0.1, 0.15) is 0 Å². The SMILES string of the molecule is Cc1cc(C)c(-c2ccc(C(F)(F)F)cc2NS(C)(=O)=O)nn1. The highest BCUT2D eigenvalue weighted by Crippen LogP contribution is 2.36. The van der Waals surface area contributed by atoms with E-state index >= 15 is 0 Å². The molecular formula is C14H14F3N3O2S. The maximum Gasteiger partial charge on any atom is 0.416 e. The fraction of sp³-hybridized carbons (Fsp3) is 0.286. The van der Waals surface area contributed by atoms with Crippen molar-refractivity contribution >= 4 is 15.7 Å². The van der Waals surface area contributed by atoms with E-state index in [4.69, 9.17) is 0 Å². The summed E-state index contributed by atoms with van der Waals surface area (Å²) in [7, 11) is -3.76. The second-order valence-electron chi connectivity index (χ2n) is 5.15. The zero-order valence-electron chi connectivity index (χ0n) is 12.6. The predicted molar refractivity (Wildman–Crippen MR) is 80.4 cm³/mol. The van der Waals surface area contributed by atoms with E-state index in [0.717, 1.165) is 18.4 Å². The van der Waals surface area contributed by atoms with E-state index in [0.29, 0.717) is 17.0 Å². The number of aryl methyl sites for hydroxylation is 2. The Morgan fingerprint density at radius 2 is 1.74 bits per heavy atom. The van der Waals surface area contributed by atoms with E-state index in [1.165, 1.54) is 6.07 Å². The molecule has 1 aromatic carbocycles. The number of nitrogens with zero attached hydrogens (tertiary/aromatic N) is 2. The van der Waals surface area contributed by atoms with Crippen LogP contribution in [-0.2, 0) is 16.2 Å². The lowest BCUT2D eigenvalue weighted by Gasteiger charge is -2.15. The quantitative estimate of drug-likeness (QED) is 0.927. The molecule has 0 aliphatic rings. The van der Waals surface area contributed by atoms with Crippen LogP contribution in [0.1, 0.15) is 16.8 Å². The smallest absolute Gasteiger partial charge is 0.283 e. The fourth-order valence-corrected chi connectivity index (χ4v) is 2.66. The summed E-state index contributed by atoms with van der Waals surface area (Å²) in [4.78, 5) is 0. The molecule has 124 valence electrons. The summed E-state index contributed by atoms with van der Waals surface area (Å²) in [6.45, 7) is 3.45. The van der Waals surface area contributed by atoms with E-state index in [1.807, 2.05) is 0 Å². The minimum absolute atomic E-state index is 0.191. The minimum atomic E-state index is -4.58. The third-order valence-electron chi connectivity index (χ3n) is 3.00. The molecule has 0 atom stereocenters. The summed E-state index contributed by atoms with van der Waals surface area (Å²) >= 11 is 0. The van der Waals surface area contributed by atoms with Crippen molar-refractivity contribution in [1.82, 2.24) is 10.2 Å². The number of rotatable bonds is 3. The molecule has 0 saturated heterocycles. The Bertz CT molecular complexity index is 849. The number of halogens is 3. The summed E-state index contributed by atoms with van der Waals surface area (Å²) in [6, 6.07) is 4.52. The van der Waals surface area contributed by atoms with Crippen LogP contribution in [0.4, 0.5) is 18.9 Å². The van der Waals surface area contributed by atoms with Crippen LogP contribution in [0.2, 0.25) is 0 Å². The molecule has 2 aromatic rings. The first-order valence-corrected chi connectivity index (χ1v) is 8.37. The Labute approximate surface area is 131 Å². The molecule has 0 aliphatic heterocycles. The van der Waals surface area contributed by atoms with Crippen molar-refractivity contribution in [2.75, 3.05) is 11.0 Å². The van der Waals surface area contributed by atoms with E-state index in [2.05, 4.69) is 14.9 Å². The lowest BCUT2D eigenvalue weighted by atomic mass is 10.0. The second-order valence-corrected chi connectivity index (χ2v) is 6.90. The van der Waals surface area contributed by atoms with Crippen molar-refractivity contribution in [2.24, 2.45) is 0 Å². The van der Waals surface area contributed by atoms with E-state index in [1.54, 1.807) is 19.9 Å². The topological polar surface area (TPSA) is 72.0 Å². The van der Waals surface area contributed by atoms with Crippen LogP contribution in [0.25, 0.3) is 11.3 Å². The first kappa shape index (κ1) is 17.2. The van der Waals surface area contributed by atoms with Crippen molar-refractivity contribution in [1.29, 1.82) is 0 Å². The fourth-order valence-electron chi connectivity index (χ4n) is 2.10. The zero-order valence-corrected chi connectivity index (χ0v) is 13.4. The average Bonchev–Trinajstić information content (AvgIpc) is 2.36. The predicted octanol–water partition coefficient (Wildman–Crippen LogP) is 3.15. The monoisotopic (exact) mass is 345 g/mol. The number of hydrogen-bond acceptors (Lipinski definition) is 4. The van der Waals surface area contributed by atoms with Gasteiger partial charge in [-0.2, -0.15) is 18.3 Å². The van der Waals surface area contributed by atoms with Gasteiger partial charge in [0.15, 0.2) is 0 Å². The molecule has 1 aromatic heterocycles. The lowest BCUT2D eigenvalue weighted by Crippen LogP contribution is -2.13. The van der Waals surface area contributed by atoms with Gasteiger partial charge in [-0.3, -0.25) is 4.72 Å². The maximum absolute atomic E-state index is 12.9. The van der Waals surface area contributed by atoms with Gasteiger partial charge in [-0.25, -0.2) is 8.42 Å². The highest BCUT2D eigenvalue weighted by atomic mass is 32.2.